The van der Waals surface area contributed by atoms with Crippen LogP contribution in [0.4, 0.5) is 13.2 Å². The lowest BCUT2D eigenvalue weighted by atomic mass is 10.1. The second-order valence-electron chi connectivity index (χ2n) is 4.30. The Morgan fingerprint density at radius 2 is 2.14 bits per heavy atom. The molecule has 112 valence electrons. The largest absolute Gasteiger partial charge is 0.469 e. The third-order valence-corrected chi connectivity index (χ3v) is 3.74. The van der Waals surface area contributed by atoms with E-state index >= 15 is 0 Å². The standard InChI is InChI=1S/C14H12F3NO2S/c1-20-12(19)6-5-11-8-21-13(18-11)9-3-2-4-10(7-9)14(15,16)17/h2-4,7-8H,5-6H2,1H3. The smallest absolute Gasteiger partial charge is 0.416 e. The van der Waals surface area contributed by atoms with Crippen LogP contribution in [0.25, 0.3) is 10.6 Å². The molecular formula is C14H12F3NO2S. The predicted molar refractivity (Wildman–Crippen MR) is 72.9 cm³/mol. The topological polar surface area (TPSA) is 39.2 Å². The van der Waals surface area contributed by atoms with Gasteiger partial charge in [-0.05, 0) is 12.1 Å². The van der Waals surface area contributed by atoms with Gasteiger partial charge in [-0.15, -0.1) is 11.3 Å². The number of ether oxygens (including phenoxy) is 1. The molecule has 0 radical (unpaired) electrons. The molecular weight excluding hydrogens is 303 g/mol. The molecule has 1 heterocycles. The fourth-order valence-corrected chi connectivity index (χ4v) is 2.57. The molecule has 0 bridgehead atoms. The maximum absolute atomic E-state index is 12.7. The summed E-state index contributed by atoms with van der Waals surface area (Å²) in [5, 5.41) is 2.24. The van der Waals surface area contributed by atoms with Crippen molar-refractivity contribution in [2.75, 3.05) is 7.11 Å². The molecule has 0 saturated carbocycles. The van der Waals surface area contributed by atoms with Gasteiger partial charge in [-0.2, -0.15) is 13.2 Å². The summed E-state index contributed by atoms with van der Waals surface area (Å²) in [6.07, 6.45) is -3.77. The molecule has 0 unspecified atom stereocenters. The number of methoxy groups -OCH3 is 1. The Kier molecular flexibility index (Phi) is 4.62. The van der Waals surface area contributed by atoms with E-state index in [0.717, 1.165) is 12.1 Å². The summed E-state index contributed by atoms with van der Waals surface area (Å²) >= 11 is 1.25. The normalized spacial score (nSPS) is 11.4. The first-order valence-corrected chi connectivity index (χ1v) is 6.97. The molecule has 7 heteroatoms. The highest BCUT2D eigenvalue weighted by Gasteiger charge is 2.30. The van der Waals surface area contributed by atoms with E-state index in [-0.39, 0.29) is 12.4 Å². The van der Waals surface area contributed by atoms with Crippen LogP contribution in [0.15, 0.2) is 29.6 Å². The Hall–Kier alpha value is -1.89. The number of thiazole rings is 1. The lowest BCUT2D eigenvalue weighted by Crippen LogP contribution is -2.04. The van der Waals surface area contributed by atoms with Crippen LogP contribution in [0.3, 0.4) is 0 Å². The van der Waals surface area contributed by atoms with Crippen molar-refractivity contribution in [2.24, 2.45) is 0 Å². The number of aromatic nitrogens is 1. The average molecular weight is 315 g/mol. The second-order valence-corrected chi connectivity index (χ2v) is 5.16. The fourth-order valence-electron chi connectivity index (χ4n) is 1.72. The third-order valence-electron chi connectivity index (χ3n) is 2.80. The van der Waals surface area contributed by atoms with Crippen LogP contribution < -0.4 is 0 Å². The highest BCUT2D eigenvalue weighted by atomic mass is 32.1. The van der Waals surface area contributed by atoms with Crippen molar-refractivity contribution < 1.29 is 22.7 Å². The summed E-state index contributed by atoms with van der Waals surface area (Å²) in [7, 11) is 1.30. The van der Waals surface area contributed by atoms with Gasteiger partial charge in [-0.25, -0.2) is 4.98 Å². The van der Waals surface area contributed by atoms with Gasteiger partial charge in [0.15, 0.2) is 0 Å². The van der Waals surface area contributed by atoms with Crippen LogP contribution in [-0.2, 0) is 22.1 Å². The lowest BCUT2D eigenvalue weighted by molar-refractivity contribution is -0.140. The minimum Gasteiger partial charge on any atom is -0.469 e. The Labute approximate surface area is 123 Å². The van der Waals surface area contributed by atoms with Crippen molar-refractivity contribution in [3.63, 3.8) is 0 Å². The van der Waals surface area contributed by atoms with Crippen LogP contribution >= 0.6 is 11.3 Å². The van der Waals surface area contributed by atoms with E-state index in [0.29, 0.717) is 22.7 Å². The van der Waals surface area contributed by atoms with Gasteiger partial charge in [0.1, 0.15) is 5.01 Å². The summed E-state index contributed by atoms with van der Waals surface area (Å²) in [4.78, 5) is 15.3. The predicted octanol–water partition coefficient (Wildman–Crippen LogP) is 3.93. The summed E-state index contributed by atoms with van der Waals surface area (Å²) in [6.45, 7) is 0. The van der Waals surface area contributed by atoms with Gasteiger partial charge in [0.2, 0.25) is 0 Å². The number of esters is 1. The first kappa shape index (κ1) is 15.5. The summed E-state index contributed by atoms with van der Waals surface area (Å²) in [6, 6.07) is 5.03. The maximum Gasteiger partial charge on any atom is 0.416 e. The van der Waals surface area contributed by atoms with Crippen molar-refractivity contribution in [3.05, 3.63) is 40.9 Å². The monoisotopic (exact) mass is 315 g/mol. The fraction of sp³-hybridized carbons (Fsp3) is 0.286. The molecule has 0 aliphatic carbocycles. The van der Waals surface area contributed by atoms with Gasteiger partial charge in [-0.1, -0.05) is 12.1 Å². The number of benzene rings is 1. The number of aryl methyl sites for hydroxylation is 1. The Bertz CT molecular complexity index is 637. The second kappa shape index (κ2) is 6.26. The number of nitrogens with zero attached hydrogens (tertiary/aromatic N) is 1. The van der Waals surface area contributed by atoms with Gasteiger partial charge >= 0.3 is 12.1 Å². The van der Waals surface area contributed by atoms with Crippen LogP contribution in [0.5, 0.6) is 0 Å². The van der Waals surface area contributed by atoms with E-state index in [4.69, 9.17) is 0 Å². The Morgan fingerprint density at radius 3 is 2.81 bits per heavy atom. The first-order chi connectivity index (χ1) is 9.90. The molecule has 0 atom stereocenters. The highest BCUT2D eigenvalue weighted by Crippen LogP contribution is 2.33. The van der Waals surface area contributed by atoms with Gasteiger partial charge in [-0.3, -0.25) is 4.79 Å². The molecule has 0 aliphatic heterocycles. The SMILES string of the molecule is COC(=O)CCc1csc(-c2cccc(C(F)(F)F)c2)n1. The zero-order chi connectivity index (χ0) is 15.5. The Balaban J connectivity index is 2.16. The number of hydrogen-bond acceptors (Lipinski definition) is 4. The molecule has 21 heavy (non-hydrogen) atoms. The number of alkyl halides is 3. The van der Waals surface area contributed by atoms with Crippen LogP contribution in [0.2, 0.25) is 0 Å². The zero-order valence-corrected chi connectivity index (χ0v) is 11.9. The van der Waals surface area contributed by atoms with Gasteiger partial charge in [0.25, 0.3) is 0 Å². The van der Waals surface area contributed by atoms with Crippen molar-refractivity contribution >= 4 is 17.3 Å². The van der Waals surface area contributed by atoms with E-state index < -0.39 is 11.7 Å². The molecule has 2 aromatic rings. The Morgan fingerprint density at radius 1 is 1.38 bits per heavy atom. The number of halogens is 3. The number of rotatable bonds is 4. The summed E-state index contributed by atoms with van der Waals surface area (Å²) in [5.41, 5.74) is 0.378. The van der Waals surface area contributed by atoms with Gasteiger partial charge in [0, 0.05) is 17.4 Å². The van der Waals surface area contributed by atoms with Crippen LogP contribution in [-0.4, -0.2) is 18.1 Å². The molecule has 0 saturated heterocycles. The molecule has 2 rings (SSSR count). The number of hydrogen-bond donors (Lipinski definition) is 0. The van der Waals surface area contributed by atoms with E-state index in [2.05, 4.69) is 9.72 Å². The molecule has 0 N–H and O–H groups in total. The summed E-state index contributed by atoms with van der Waals surface area (Å²) in [5.74, 6) is -0.344. The molecule has 1 aromatic heterocycles. The molecule has 3 nitrogen and oxygen atoms in total. The molecule has 0 spiro atoms. The average Bonchev–Trinajstić information content (AvgIpc) is 2.93. The van der Waals surface area contributed by atoms with E-state index in [1.807, 2.05) is 0 Å². The van der Waals surface area contributed by atoms with E-state index in [1.165, 1.54) is 24.5 Å². The van der Waals surface area contributed by atoms with Gasteiger partial charge < -0.3 is 4.74 Å². The minimum absolute atomic E-state index is 0.197. The summed E-state index contributed by atoms with van der Waals surface area (Å²) < 4.78 is 42.5. The molecule has 1 aromatic carbocycles. The molecule has 0 aliphatic rings. The quantitative estimate of drug-likeness (QED) is 0.802. The van der Waals surface area contributed by atoms with E-state index in [1.54, 1.807) is 11.4 Å². The maximum atomic E-state index is 12.7. The van der Waals surface area contributed by atoms with Crippen molar-refractivity contribution in [1.29, 1.82) is 0 Å². The first-order valence-electron chi connectivity index (χ1n) is 6.09. The highest BCUT2D eigenvalue weighted by molar-refractivity contribution is 7.13. The van der Waals surface area contributed by atoms with Crippen molar-refractivity contribution in [2.45, 2.75) is 19.0 Å². The van der Waals surface area contributed by atoms with Crippen molar-refractivity contribution in [1.82, 2.24) is 4.98 Å². The zero-order valence-electron chi connectivity index (χ0n) is 11.1. The van der Waals surface area contributed by atoms with Gasteiger partial charge in [0.05, 0.1) is 24.8 Å². The third kappa shape index (κ3) is 4.04. The number of carbonyl (C=O) groups excluding carboxylic acids is 1. The molecule has 0 fully saturated rings. The lowest BCUT2D eigenvalue weighted by Gasteiger charge is -2.07. The van der Waals surface area contributed by atoms with Crippen LogP contribution in [0, 0.1) is 0 Å². The molecule has 0 amide bonds. The minimum atomic E-state index is -4.37. The van der Waals surface area contributed by atoms with Crippen molar-refractivity contribution in [3.8, 4) is 10.6 Å². The van der Waals surface area contributed by atoms with E-state index in [9.17, 15) is 18.0 Å². The van der Waals surface area contributed by atoms with Crippen LogP contribution in [0.1, 0.15) is 17.7 Å². The number of carbonyl (C=O) groups is 1.